The van der Waals surface area contributed by atoms with Crippen LogP contribution in [0.2, 0.25) is 5.02 Å². The Morgan fingerprint density at radius 3 is 2.86 bits per heavy atom. The summed E-state index contributed by atoms with van der Waals surface area (Å²) < 4.78 is 7.07. The first-order valence-corrected chi connectivity index (χ1v) is 9.75. The maximum atomic E-state index is 5.94. The number of nitrogens with zero attached hydrogens (tertiary/aromatic N) is 5. The van der Waals surface area contributed by atoms with E-state index < -0.39 is 0 Å². The first-order valence-electron chi connectivity index (χ1n) is 8.56. The third-order valence-corrected chi connectivity index (χ3v) is 5.23. The van der Waals surface area contributed by atoms with Gasteiger partial charge in [0, 0.05) is 23.6 Å². The van der Waals surface area contributed by atoms with E-state index in [1.54, 1.807) is 10.8 Å². The molecule has 8 nitrogen and oxygen atoms in total. The van der Waals surface area contributed by atoms with Crippen LogP contribution in [0.1, 0.15) is 5.82 Å². The van der Waals surface area contributed by atoms with Crippen LogP contribution in [-0.2, 0) is 6.42 Å². The molecule has 0 amide bonds. The van der Waals surface area contributed by atoms with Crippen LogP contribution < -0.4 is 5.32 Å². The second-order valence-electron chi connectivity index (χ2n) is 6.03. The van der Waals surface area contributed by atoms with Gasteiger partial charge in [-0.05, 0) is 24.3 Å². The van der Waals surface area contributed by atoms with Gasteiger partial charge < -0.3 is 9.73 Å². The zero-order valence-corrected chi connectivity index (χ0v) is 16.0. The molecule has 0 saturated heterocycles. The van der Waals surface area contributed by atoms with Gasteiger partial charge in [0.2, 0.25) is 15.9 Å². The maximum Gasteiger partial charge on any atom is 0.216 e. The molecule has 0 atom stereocenters. The summed E-state index contributed by atoms with van der Waals surface area (Å²) in [6.07, 6.45) is 4.20. The highest BCUT2D eigenvalue weighted by Gasteiger charge is 2.11. The van der Waals surface area contributed by atoms with E-state index in [0.717, 1.165) is 27.2 Å². The molecule has 0 saturated carbocycles. The summed E-state index contributed by atoms with van der Waals surface area (Å²) in [5, 5.41) is 16.4. The number of hydrogen-bond donors (Lipinski definition) is 2. The molecular formula is C18H14ClN7OS. The number of H-pyrrole nitrogens is 1. The fourth-order valence-corrected chi connectivity index (χ4v) is 3.68. The number of nitrogens with one attached hydrogen (secondary N) is 2. The fraction of sp³-hybridized carbons (Fsp3) is 0.111. The van der Waals surface area contributed by atoms with E-state index in [1.807, 2.05) is 42.6 Å². The van der Waals surface area contributed by atoms with Crippen molar-refractivity contribution < 1.29 is 4.42 Å². The molecule has 4 aromatic heterocycles. The van der Waals surface area contributed by atoms with Gasteiger partial charge in [-0.15, -0.1) is 5.10 Å². The molecule has 0 aliphatic heterocycles. The Morgan fingerprint density at radius 1 is 1.18 bits per heavy atom. The predicted molar refractivity (Wildman–Crippen MR) is 108 cm³/mol. The smallest absolute Gasteiger partial charge is 0.216 e. The molecule has 4 heterocycles. The van der Waals surface area contributed by atoms with Gasteiger partial charge in [-0.1, -0.05) is 35.1 Å². The Balaban J connectivity index is 1.22. The van der Waals surface area contributed by atoms with E-state index in [9.17, 15) is 0 Å². The van der Waals surface area contributed by atoms with Crippen molar-refractivity contribution >= 4 is 33.0 Å². The molecule has 5 aromatic rings. The molecule has 10 heteroatoms. The van der Waals surface area contributed by atoms with Gasteiger partial charge in [-0.2, -0.15) is 5.10 Å². The standard InChI is InChI=1S/C18H14ClN7OS/c19-12-5-3-11(4-6-12)13-10-26-18(21-13)28-17(25-26)20-8-7-15-22-16(24-23-15)14-2-1-9-27-14/h1-6,9-10H,7-8H2,(H,20,25)(H,22,23,24). The Kier molecular flexibility index (Phi) is 4.30. The van der Waals surface area contributed by atoms with Gasteiger partial charge in [-0.3, -0.25) is 5.10 Å². The zero-order chi connectivity index (χ0) is 18.9. The van der Waals surface area contributed by atoms with Crippen LogP contribution in [0, 0.1) is 0 Å². The van der Waals surface area contributed by atoms with E-state index in [2.05, 4.69) is 30.6 Å². The van der Waals surface area contributed by atoms with Crippen molar-refractivity contribution in [1.29, 1.82) is 0 Å². The molecule has 1 aromatic carbocycles. The number of imidazole rings is 1. The number of rotatable bonds is 6. The van der Waals surface area contributed by atoms with Crippen LogP contribution in [0.25, 0.3) is 27.8 Å². The zero-order valence-electron chi connectivity index (χ0n) is 14.5. The Hall–Kier alpha value is -3.17. The lowest BCUT2D eigenvalue weighted by Crippen LogP contribution is -2.06. The van der Waals surface area contributed by atoms with Gasteiger partial charge in [0.25, 0.3) is 0 Å². The largest absolute Gasteiger partial charge is 0.461 e. The van der Waals surface area contributed by atoms with E-state index in [1.165, 1.54) is 11.3 Å². The molecule has 0 aliphatic rings. The highest BCUT2D eigenvalue weighted by Crippen LogP contribution is 2.25. The summed E-state index contributed by atoms with van der Waals surface area (Å²) in [7, 11) is 0. The highest BCUT2D eigenvalue weighted by atomic mass is 35.5. The van der Waals surface area contributed by atoms with Gasteiger partial charge in [-0.25, -0.2) is 14.5 Å². The maximum absolute atomic E-state index is 5.94. The number of hydrogen-bond acceptors (Lipinski definition) is 7. The highest BCUT2D eigenvalue weighted by molar-refractivity contribution is 7.20. The number of benzene rings is 1. The number of furan rings is 1. The monoisotopic (exact) mass is 411 g/mol. The molecule has 140 valence electrons. The van der Waals surface area contributed by atoms with Crippen molar-refractivity contribution in [3.05, 3.63) is 59.7 Å². The number of fused-ring (bicyclic) bond motifs is 1. The Morgan fingerprint density at radius 2 is 2.07 bits per heavy atom. The van der Waals surface area contributed by atoms with Crippen LogP contribution >= 0.6 is 22.9 Å². The minimum atomic E-state index is 0.558. The quantitative estimate of drug-likeness (QED) is 0.435. The van der Waals surface area contributed by atoms with E-state index in [-0.39, 0.29) is 0 Å². The molecule has 2 N–H and O–H groups in total. The van der Waals surface area contributed by atoms with Crippen LogP contribution in [-0.4, -0.2) is 36.3 Å². The molecule has 0 unspecified atom stereocenters. The number of aromatic amines is 1. The summed E-state index contributed by atoms with van der Waals surface area (Å²) in [6, 6.07) is 11.2. The molecule has 0 radical (unpaired) electrons. The molecular weight excluding hydrogens is 398 g/mol. The summed E-state index contributed by atoms with van der Waals surface area (Å²) in [5.74, 6) is 1.99. The second kappa shape index (κ2) is 7.10. The van der Waals surface area contributed by atoms with Gasteiger partial charge >= 0.3 is 0 Å². The average Bonchev–Trinajstić information content (AvgIpc) is 3.46. The van der Waals surface area contributed by atoms with Crippen LogP contribution in [0.4, 0.5) is 5.13 Å². The first-order chi connectivity index (χ1) is 13.7. The van der Waals surface area contributed by atoms with Crippen molar-refractivity contribution in [2.45, 2.75) is 6.42 Å². The molecule has 0 bridgehead atoms. The summed E-state index contributed by atoms with van der Waals surface area (Å²) >= 11 is 7.43. The van der Waals surface area contributed by atoms with Gasteiger partial charge in [0.05, 0.1) is 18.2 Å². The van der Waals surface area contributed by atoms with Gasteiger partial charge in [0.15, 0.2) is 5.76 Å². The third kappa shape index (κ3) is 3.37. The molecule has 0 spiro atoms. The van der Waals surface area contributed by atoms with E-state index in [0.29, 0.717) is 29.6 Å². The van der Waals surface area contributed by atoms with Crippen molar-refractivity contribution in [1.82, 2.24) is 29.8 Å². The minimum absolute atomic E-state index is 0.558. The average molecular weight is 412 g/mol. The van der Waals surface area contributed by atoms with Crippen LogP contribution in [0.5, 0.6) is 0 Å². The lowest BCUT2D eigenvalue weighted by Gasteiger charge is -1.99. The number of anilines is 1. The lowest BCUT2D eigenvalue weighted by molar-refractivity contribution is 0.577. The number of halogens is 1. The SMILES string of the molecule is Clc1ccc(-c2cn3nc(NCCc4nc(-c5ccco5)n[nH]4)sc3n2)cc1. The van der Waals surface area contributed by atoms with Crippen molar-refractivity contribution in [3.63, 3.8) is 0 Å². The summed E-state index contributed by atoms with van der Waals surface area (Å²) in [6.45, 7) is 0.674. The number of aromatic nitrogens is 6. The first kappa shape index (κ1) is 17.0. The molecule has 0 fully saturated rings. The topological polar surface area (TPSA) is 96.9 Å². The molecule has 0 aliphatic carbocycles. The predicted octanol–water partition coefficient (Wildman–Crippen LogP) is 4.14. The minimum Gasteiger partial charge on any atom is -0.461 e. The van der Waals surface area contributed by atoms with Crippen molar-refractivity contribution in [2.24, 2.45) is 0 Å². The Labute approximate surface area is 168 Å². The normalized spacial score (nSPS) is 11.3. The van der Waals surface area contributed by atoms with E-state index in [4.69, 9.17) is 16.0 Å². The summed E-state index contributed by atoms with van der Waals surface area (Å²) in [4.78, 5) is 9.88. The van der Waals surface area contributed by atoms with E-state index >= 15 is 0 Å². The lowest BCUT2D eigenvalue weighted by atomic mass is 10.2. The van der Waals surface area contributed by atoms with Crippen molar-refractivity contribution in [3.8, 4) is 22.8 Å². The molecule has 28 heavy (non-hydrogen) atoms. The van der Waals surface area contributed by atoms with Crippen LogP contribution in [0.3, 0.4) is 0 Å². The second-order valence-corrected chi connectivity index (χ2v) is 7.42. The van der Waals surface area contributed by atoms with Gasteiger partial charge in [0.1, 0.15) is 5.82 Å². The van der Waals surface area contributed by atoms with Crippen LogP contribution in [0.15, 0.2) is 53.3 Å². The molecule has 5 rings (SSSR count). The fourth-order valence-electron chi connectivity index (χ4n) is 2.74. The summed E-state index contributed by atoms with van der Waals surface area (Å²) in [5.41, 5.74) is 1.88. The third-order valence-electron chi connectivity index (χ3n) is 4.09. The van der Waals surface area contributed by atoms with Crippen molar-refractivity contribution in [2.75, 3.05) is 11.9 Å². The Bertz CT molecular complexity index is 1180.